The highest BCUT2D eigenvalue weighted by Gasteiger charge is 2.46. The van der Waals surface area contributed by atoms with Crippen LogP contribution in [0.2, 0.25) is 0 Å². The van der Waals surface area contributed by atoms with E-state index in [1.165, 1.54) is 4.90 Å². The van der Waals surface area contributed by atoms with E-state index in [1.54, 1.807) is 48.8 Å². The number of amides is 1. The number of carbonyl (C=O) groups excluding carboxylic acids is 2. The molecule has 7 heteroatoms. The second-order valence-corrected chi connectivity index (χ2v) is 9.50. The summed E-state index contributed by atoms with van der Waals surface area (Å²) >= 11 is 0. The van der Waals surface area contributed by atoms with Gasteiger partial charge in [-0.05, 0) is 65.6 Å². The first kappa shape index (κ1) is 25.0. The van der Waals surface area contributed by atoms with Crippen LogP contribution in [-0.2, 0) is 16.1 Å². The molecule has 3 aromatic rings. The van der Waals surface area contributed by atoms with E-state index in [0.717, 1.165) is 16.8 Å². The standard InChI is InChI=1S/C29H31N3O4/c1-19(2)18-36-24-11-7-22(8-12-24)27(33)25-26(21-5-9-23(10-6-21)31(3)4)32(29(35)28(25)34)17-20-13-15-30-16-14-20/h5-16,19,26,33H,17-18H2,1-4H3/b27-25-. The van der Waals surface area contributed by atoms with Gasteiger partial charge in [-0.25, -0.2) is 0 Å². The number of aliphatic hydroxyl groups is 1. The summed E-state index contributed by atoms with van der Waals surface area (Å²) in [6, 6.07) is 17.4. The van der Waals surface area contributed by atoms with Crippen LogP contribution >= 0.6 is 0 Å². The minimum absolute atomic E-state index is 0.0718. The van der Waals surface area contributed by atoms with E-state index in [4.69, 9.17) is 4.74 Å². The maximum atomic E-state index is 13.3. The van der Waals surface area contributed by atoms with Gasteiger partial charge in [-0.3, -0.25) is 14.6 Å². The second kappa shape index (κ2) is 10.6. The number of rotatable bonds is 8. The fourth-order valence-corrected chi connectivity index (χ4v) is 4.16. The van der Waals surface area contributed by atoms with Crippen LogP contribution in [0, 0.1) is 5.92 Å². The van der Waals surface area contributed by atoms with Gasteiger partial charge in [0.2, 0.25) is 0 Å². The number of hydrogen-bond donors (Lipinski definition) is 1. The Morgan fingerprint density at radius 1 is 1.00 bits per heavy atom. The van der Waals surface area contributed by atoms with Crippen molar-refractivity contribution in [2.75, 3.05) is 25.6 Å². The monoisotopic (exact) mass is 485 g/mol. The van der Waals surface area contributed by atoms with Gasteiger partial charge >= 0.3 is 0 Å². The third-order valence-corrected chi connectivity index (χ3v) is 6.08. The molecular weight excluding hydrogens is 454 g/mol. The van der Waals surface area contributed by atoms with Crippen LogP contribution in [-0.4, -0.2) is 47.4 Å². The molecule has 1 saturated heterocycles. The molecular formula is C29H31N3O4. The fraction of sp³-hybridized carbons (Fsp3) is 0.276. The number of benzene rings is 2. The molecule has 1 aromatic heterocycles. The minimum atomic E-state index is -0.730. The summed E-state index contributed by atoms with van der Waals surface area (Å²) in [5.41, 5.74) is 3.09. The second-order valence-electron chi connectivity index (χ2n) is 9.50. The van der Waals surface area contributed by atoms with Crippen LogP contribution in [0.4, 0.5) is 5.69 Å². The van der Waals surface area contributed by atoms with Crippen LogP contribution in [0.25, 0.3) is 5.76 Å². The van der Waals surface area contributed by atoms with Crippen molar-refractivity contribution < 1.29 is 19.4 Å². The summed E-state index contributed by atoms with van der Waals surface area (Å²) in [6.45, 7) is 4.92. The van der Waals surface area contributed by atoms with E-state index in [2.05, 4.69) is 18.8 Å². The van der Waals surface area contributed by atoms with Gasteiger partial charge in [-0.15, -0.1) is 0 Å². The molecule has 1 fully saturated rings. The molecule has 4 rings (SSSR count). The normalized spacial score (nSPS) is 17.0. The molecule has 2 aromatic carbocycles. The largest absolute Gasteiger partial charge is 0.507 e. The van der Waals surface area contributed by atoms with Crippen molar-refractivity contribution in [3.05, 3.63) is 95.3 Å². The Bertz CT molecular complexity index is 1250. The average molecular weight is 486 g/mol. The smallest absolute Gasteiger partial charge is 0.295 e. The molecule has 0 radical (unpaired) electrons. The number of pyridine rings is 1. The predicted octanol–water partition coefficient (Wildman–Crippen LogP) is 4.80. The van der Waals surface area contributed by atoms with Crippen molar-refractivity contribution in [2.24, 2.45) is 5.92 Å². The molecule has 1 unspecified atom stereocenters. The summed E-state index contributed by atoms with van der Waals surface area (Å²) in [5, 5.41) is 11.3. The van der Waals surface area contributed by atoms with Crippen LogP contribution < -0.4 is 9.64 Å². The highest BCUT2D eigenvalue weighted by molar-refractivity contribution is 6.46. The van der Waals surface area contributed by atoms with Crippen LogP contribution in [0.15, 0.2) is 78.6 Å². The highest BCUT2D eigenvalue weighted by atomic mass is 16.5. The lowest BCUT2D eigenvalue weighted by Gasteiger charge is -2.26. The molecule has 1 atom stereocenters. The third kappa shape index (κ3) is 5.25. The van der Waals surface area contributed by atoms with Gasteiger partial charge in [0.15, 0.2) is 0 Å². The number of nitrogens with zero attached hydrogens (tertiary/aromatic N) is 3. The van der Waals surface area contributed by atoms with Crippen molar-refractivity contribution in [3.63, 3.8) is 0 Å². The molecule has 1 aliphatic rings. The van der Waals surface area contributed by atoms with Crippen molar-refractivity contribution in [1.82, 2.24) is 9.88 Å². The van der Waals surface area contributed by atoms with Crippen molar-refractivity contribution >= 4 is 23.1 Å². The Kier molecular flexibility index (Phi) is 7.38. The first-order valence-electron chi connectivity index (χ1n) is 11.9. The molecule has 0 spiro atoms. The molecule has 36 heavy (non-hydrogen) atoms. The number of carbonyl (C=O) groups is 2. The summed E-state index contributed by atoms with van der Waals surface area (Å²) < 4.78 is 5.73. The first-order chi connectivity index (χ1) is 17.3. The van der Waals surface area contributed by atoms with Crippen LogP contribution in [0.3, 0.4) is 0 Å². The SMILES string of the molecule is CC(C)COc1ccc(/C(O)=C2/C(=O)C(=O)N(Cc3ccncc3)C2c2ccc(N(C)C)cc2)cc1. The number of ether oxygens (including phenoxy) is 1. The van der Waals surface area contributed by atoms with Gasteiger partial charge < -0.3 is 19.6 Å². The summed E-state index contributed by atoms with van der Waals surface area (Å²) in [7, 11) is 3.89. The summed E-state index contributed by atoms with van der Waals surface area (Å²) in [4.78, 5) is 34.0. The zero-order chi connectivity index (χ0) is 25.8. The number of anilines is 1. The first-order valence-corrected chi connectivity index (χ1v) is 11.9. The van der Waals surface area contributed by atoms with E-state index in [0.29, 0.717) is 23.8 Å². The van der Waals surface area contributed by atoms with Crippen LogP contribution in [0.1, 0.15) is 36.6 Å². The van der Waals surface area contributed by atoms with Crippen molar-refractivity contribution in [2.45, 2.75) is 26.4 Å². The number of ketones is 1. The topological polar surface area (TPSA) is 83.0 Å². The molecule has 0 aliphatic carbocycles. The maximum Gasteiger partial charge on any atom is 0.295 e. The Labute approximate surface area is 211 Å². The zero-order valence-corrected chi connectivity index (χ0v) is 21.0. The Balaban J connectivity index is 1.76. The zero-order valence-electron chi connectivity index (χ0n) is 21.0. The predicted molar refractivity (Wildman–Crippen MR) is 140 cm³/mol. The molecule has 186 valence electrons. The number of aliphatic hydroxyl groups excluding tert-OH is 1. The van der Waals surface area contributed by atoms with Gasteiger partial charge in [0.1, 0.15) is 11.5 Å². The van der Waals surface area contributed by atoms with E-state index >= 15 is 0 Å². The van der Waals surface area contributed by atoms with Gasteiger partial charge in [-0.2, -0.15) is 0 Å². The molecule has 2 heterocycles. The number of hydrogen-bond acceptors (Lipinski definition) is 6. The molecule has 0 bridgehead atoms. The molecule has 7 nitrogen and oxygen atoms in total. The van der Waals surface area contributed by atoms with Gasteiger partial charge in [-0.1, -0.05) is 26.0 Å². The van der Waals surface area contributed by atoms with Crippen molar-refractivity contribution in [1.29, 1.82) is 0 Å². The van der Waals surface area contributed by atoms with E-state index in [-0.39, 0.29) is 17.9 Å². The number of likely N-dealkylation sites (tertiary alicyclic amines) is 1. The molecule has 1 aliphatic heterocycles. The molecule has 1 amide bonds. The van der Waals surface area contributed by atoms with E-state index in [1.807, 2.05) is 43.3 Å². The highest BCUT2D eigenvalue weighted by Crippen LogP contribution is 2.40. The maximum absolute atomic E-state index is 13.3. The van der Waals surface area contributed by atoms with Gasteiger partial charge in [0, 0.05) is 44.3 Å². The van der Waals surface area contributed by atoms with Gasteiger partial charge in [0.05, 0.1) is 18.2 Å². The number of Topliss-reactive ketones (excluding diaryl/α,β-unsaturated/α-hetero) is 1. The van der Waals surface area contributed by atoms with Crippen LogP contribution in [0.5, 0.6) is 5.75 Å². The van der Waals surface area contributed by atoms with E-state index in [9.17, 15) is 14.7 Å². The Morgan fingerprint density at radius 2 is 1.64 bits per heavy atom. The summed E-state index contributed by atoms with van der Waals surface area (Å²) in [5.74, 6) is -0.500. The lowest BCUT2D eigenvalue weighted by molar-refractivity contribution is -0.140. The number of aromatic nitrogens is 1. The fourth-order valence-electron chi connectivity index (χ4n) is 4.16. The lowest BCUT2D eigenvalue weighted by atomic mass is 9.95. The van der Waals surface area contributed by atoms with Crippen molar-refractivity contribution in [3.8, 4) is 5.75 Å². The Hall–Kier alpha value is -4.13. The summed E-state index contributed by atoms with van der Waals surface area (Å²) in [6.07, 6.45) is 3.30. The lowest BCUT2D eigenvalue weighted by Crippen LogP contribution is -2.29. The molecule has 1 N–H and O–H groups in total. The minimum Gasteiger partial charge on any atom is -0.507 e. The quantitative estimate of drug-likeness (QED) is 0.280. The molecule has 0 saturated carbocycles. The third-order valence-electron chi connectivity index (χ3n) is 6.08. The van der Waals surface area contributed by atoms with E-state index < -0.39 is 17.7 Å². The Morgan fingerprint density at radius 3 is 2.22 bits per heavy atom. The van der Waals surface area contributed by atoms with Gasteiger partial charge in [0.25, 0.3) is 11.7 Å². The average Bonchev–Trinajstić information content (AvgIpc) is 3.13.